The lowest BCUT2D eigenvalue weighted by molar-refractivity contribution is -0.117. The molecule has 0 atom stereocenters. The Balaban J connectivity index is 2.49. The molecular formula is C9H8ClNOS. The van der Waals surface area contributed by atoms with Gasteiger partial charge in [-0.3, -0.25) is 4.79 Å². The molecule has 0 bridgehead atoms. The number of amides is 1. The lowest BCUT2D eigenvalue weighted by Crippen LogP contribution is -2.26. The third-order valence-corrected chi connectivity index (χ3v) is 2.75. The second-order valence-corrected chi connectivity index (χ2v) is 3.84. The van der Waals surface area contributed by atoms with E-state index in [-0.39, 0.29) is 5.91 Å². The minimum Gasteiger partial charge on any atom is -0.273 e. The smallest absolute Gasteiger partial charge is 0.241 e. The van der Waals surface area contributed by atoms with Crippen LogP contribution in [0, 0.1) is 0 Å². The van der Waals surface area contributed by atoms with Gasteiger partial charge in [-0.15, -0.1) is 12.6 Å². The zero-order valence-corrected chi connectivity index (χ0v) is 8.48. The normalized spacial score (nSPS) is 15.8. The number of thiol groups is 1. The fraction of sp³-hybridized carbons (Fsp3) is 0.222. The van der Waals surface area contributed by atoms with Gasteiger partial charge in [0, 0.05) is 23.1 Å². The molecule has 1 aromatic carbocycles. The van der Waals surface area contributed by atoms with E-state index in [2.05, 4.69) is 12.6 Å². The highest BCUT2D eigenvalue weighted by molar-refractivity contribution is 7.80. The SMILES string of the molecule is O=C1CCc2cc(S)ccc2N1Cl. The molecule has 13 heavy (non-hydrogen) atoms. The lowest BCUT2D eigenvalue weighted by Gasteiger charge is -2.22. The van der Waals surface area contributed by atoms with Gasteiger partial charge in [0.25, 0.3) is 0 Å². The lowest BCUT2D eigenvalue weighted by atomic mass is 10.0. The van der Waals surface area contributed by atoms with E-state index < -0.39 is 0 Å². The number of halogens is 1. The van der Waals surface area contributed by atoms with Crippen molar-refractivity contribution in [3.63, 3.8) is 0 Å². The maximum absolute atomic E-state index is 11.2. The molecular weight excluding hydrogens is 206 g/mol. The number of carbonyl (C=O) groups excluding carboxylic acids is 1. The van der Waals surface area contributed by atoms with Crippen molar-refractivity contribution in [2.24, 2.45) is 0 Å². The molecule has 1 aliphatic heterocycles. The van der Waals surface area contributed by atoms with Gasteiger partial charge >= 0.3 is 0 Å². The van der Waals surface area contributed by atoms with E-state index in [1.54, 1.807) is 0 Å². The monoisotopic (exact) mass is 213 g/mol. The van der Waals surface area contributed by atoms with Crippen LogP contribution in [-0.2, 0) is 11.2 Å². The number of rotatable bonds is 0. The third-order valence-electron chi connectivity index (χ3n) is 2.10. The van der Waals surface area contributed by atoms with E-state index >= 15 is 0 Å². The Bertz CT molecular complexity index is 367. The summed E-state index contributed by atoms with van der Waals surface area (Å²) in [6.07, 6.45) is 1.24. The first-order valence-corrected chi connectivity index (χ1v) is 4.77. The summed E-state index contributed by atoms with van der Waals surface area (Å²) in [5.74, 6) is -0.0407. The highest BCUT2D eigenvalue weighted by Crippen LogP contribution is 2.30. The van der Waals surface area contributed by atoms with Crippen LogP contribution in [0.4, 0.5) is 5.69 Å². The average molecular weight is 214 g/mol. The molecule has 2 nitrogen and oxygen atoms in total. The van der Waals surface area contributed by atoms with Gasteiger partial charge in [-0.05, 0) is 30.2 Å². The molecule has 0 aliphatic carbocycles. The molecule has 1 aliphatic rings. The van der Waals surface area contributed by atoms with Crippen molar-refractivity contribution >= 4 is 36.0 Å². The Morgan fingerprint density at radius 1 is 1.38 bits per heavy atom. The third kappa shape index (κ3) is 1.54. The molecule has 0 saturated carbocycles. The minimum absolute atomic E-state index is 0.0407. The Hall–Kier alpha value is -0.670. The van der Waals surface area contributed by atoms with E-state index in [1.165, 1.54) is 4.42 Å². The van der Waals surface area contributed by atoms with Crippen LogP contribution < -0.4 is 4.42 Å². The molecule has 0 N–H and O–H groups in total. The summed E-state index contributed by atoms with van der Waals surface area (Å²) in [4.78, 5) is 12.1. The number of hydrogen-bond donors (Lipinski definition) is 1. The van der Waals surface area contributed by atoms with Gasteiger partial charge < -0.3 is 0 Å². The standard InChI is InChI=1S/C9H8ClNOS/c10-11-8-3-2-7(13)5-6(8)1-4-9(11)12/h2-3,5,13H,1,4H2. The van der Waals surface area contributed by atoms with Crippen LogP contribution in [-0.4, -0.2) is 5.91 Å². The van der Waals surface area contributed by atoms with Gasteiger partial charge in [0.05, 0.1) is 5.69 Å². The van der Waals surface area contributed by atoms with Crippen molar-refractivity contribution in [2.75, 3.05) is 4.42 Å². The molecule has 0 radical (unpaired) electrons. The van der Waals surface area contributed by atoms with E-state index in [9.17, 15) is 4.79 Å². The van der Waals surface area contributed by atoms with Crippen LogP contribution >= 0.6 is 24.4 Å². The molecule has 0 saturated heterocycles. The summed E-state index contributed by atoms with van der Waals surface area (Å²) in [5.41, 5.74) is 1.87. The Kier molecular flexibility index (Phi) is 2.22. The summed E-state index contributed by atoms with van der Waals surface area (Å²) in [5, 5.41) is 0. The van der Waals surface area contributed by atoms with E-state index in [0.717, 1.165) is 22.6 Å². The van der Waals surface area contributed by atoms with Crippen LogP contribution in [0.2, 0.25) is 0 Å². The first kappa shape index (κ1) is 8.91. The first-order chi connectivity index (χ1) is 6.18. The fourth-order valence-corrected chi connectivity index (χ4v) is 1.92. The topological polar surface area (TPSA) is 20.3 Å². The van der Waals surface area contributed by atoms with Crippen molar-refractivity contribution in [1.29, 1.82) is 0 Å². The van der Waals surface area contributed by atoms with E-state index in [1.807, 2.05) is 18.2 Å². The number of benzene rings is 1. The van der Waals surface area contributed by atoms with Gasteiger partial charge in [0.2, 0.25) is 5.91 Å². The van der Waals surface area contributed by atoms with Crippen LogP contribution in [0.3, 0.4) is 0 Å². The predicted octanol–water partition coefficient (Wildman–Crippen LogP) is 2.41. The molecule has 1 aromatic rings. The number of nitrogens with zero attached hydrogens (tertiary/aromatic N) is 1. The highest BCUT2D eigenvalue weighted by atomic mass is 35.5. The molecule has 0 aromatic heterocycles. The number of hydrogen-bond acceptors (Lipinski definition) is 2. The molecule has 0 spiro atoms. The second kappa shape index (κ2) is 3.24. The number of aryl methyl sites for hydroxylation is 1. The van der Waals surface area contributed by atoms with Crippen molar-refractivity contribution < 1.29 is 4.79 Å². The highest BCUT2D eigenvalue weighted by Gasteiger charge is 2.22. The van der Waals surface area contributed by atoms with Gasteiger partial charge in [0.1, 0.15) is 0 Å². The molecule has 0 fully saturated rings. The second-order valence-electron chi connectivity index (χ2n) is 2.99. The van der Waals surface area contributed by atoms with E-state index in [4.69, 9.17) is 11.8 Å². The summed E-state index contributed by atoms with van der Waals surface area (Å²) >= 11 is 10.0. The van der Waals surface area contributed by atoms with Gasteiger partial charge in [-0.2, -0.15) is 0 Å². The van der Waals surface area contributed by atoms with Crippen molar-refractivity contribution in [1.82, 2.24) is 0 Å². The van der Waals surface area contributed by atoms with Gasteiger partial charge in [-0.25, -0.2) is 4.42 Å². The molecule has 68 valence electrons. The average Bonchev–Trinajstić information content (AvgIpc) is 2.12. The largest absolute Gasteiger partial charge is 0.273 e. The zero-order valence-electron chi connectivity index (χ0n) is 6.83. The summed E-state index contributed by atoms with van der Waals surface area (Å²) < 4.78 is 1.19. The Morgan fingerprint density at radius 2 is 2.15 bits per heavy atom. The quantitative estimate of drug-likeness (QED) is 0.519. The van der Waals surface area contributed by atoms with Crippen molar-refractivity contribution in [3.8, 4) is 0 Å². The maximum Gasteiger partial charge on any atom is 0.241 e. The molecule has 0 unspecified atom stereocenters. The van der Waals surface area contributed by atoms with Crippen molar-refractivity contribution in [3.05, 3.63) is 23.8 Å². The number of carbonyl (C=O) groups is 1. The number of anilines is 1. The summed E-state index contributed by atoms with van der Waals surface area (Å²) in [6.45, 7) is 0. The summed E-state index contributed by atoms with van der Waals surface area (Å²) in [7, 11) is 0. The van der Waals surface area contributed by atoms with Crippen LogP contribution in [0.25, 0.3) is 0 Å². The van der Waals surface area contributed by atoms with Gasteiger partial charge in [-0.1, -0.05) is 0 Å². The zero-order chi connectivity index (χ0) is 9.42. The maximum atomic E-state index is 11.2. The number of fused-ring (bicyclic) bond motifs is 1. The Labute approximate surface area is 87.0 Å². The molecule has 2 rings (SSSR count). The molecule has 1 amide bonds. The predicted molar refractivity (Wildman–Crippen MR) is 55.4 cm³/mol. The van der Waals surface area contributed by atoms with Gasteiger partial charge in [0.15, 0.2) is 0 Å². The van der Waals surface area contributed by atoms with Crippen molar-refractivity contribution in [2.45, 2.75) is 17.7 Å². The van der Waals surface area contributed by atoms with Crippen LogP contribution in [0.5, 0.6) is 0 Å². The van der Waals surface area contributed by atoms with E-state index in [0.29, 0.717) is 6.42 Å². The van der Waals surface area contributed by atoms with Crippen LogP contribution in [0.1, 0.15) is 12.0 Å². The Morgan fingerprint density at radius 3 is 2.92 bits per heavy atom. The fourth-order valence-electron chi connectivity index (χ4n) is 1.44. The summed E-state index contributed by atoms with van der Waals surface area (Å²) in [6, 6.07) is 5.60. The first-order valence-electron chi connectivity index (χ1n) is 3.99. The van der Waals surface area contributed by atoms with Crippen LogP contribution in [0.15, 0.2) is 23.1 Å². The minimum atomic E-state index is -0.0407. The molecule has 4 heteroatoms. The molecule has 1 heterocycles.